The van der Waals surface area contributed by atoms with Crippen LogP contribution in [-0.2, 0) is 17.9 Å². The Morgan fingerprint density at radius 2 is 2.00 bits per heavy atom. The molecule has 0 radical (unpaired) electrons. The summed E-state index contributed by atoms with van der Waals surface area (Å²) in [6.07, 6.45) is 0. The molecule has 0 aliphatic rings. The van der Waals surface area contributed by atoms with E-state index in [9.17, 15) is 10.1 Å². The van der Waals surface area contributed by atoms with Gasteiger partial charge in [0.15, 0.2) is 0 Å². The monoisotopic (exact) mass is 356 g/mol. The summed E-state index contributed by atoms with van der Waals surface area (Å²) in [5.74, 6) is 0. The third-order valence-electron chi connectivity index (χ3n) is 3.52. The number of benzene rings is 2. The maximum Gasteiger partial charge on any atom is 0.269 e. The van der Waals surface area contributed by atoms with Crippen molar-refractivity contribution in [2.24, 2.45) is 0 Å². The van der Waals surface area contributed by atoms with E-state index in [1.54, 1.807) is 13.2 Å². The Hall–Kier alpha value is -2.84. The van der Waals surface area contributed by atoms with Gasteiger partial charge in [0.25, 0.3) is 5.69 Å². The van der Waals surface area contributed by atoms with Crippen LogP contribution in [0.3, 0.4) is 0 Å². The van der Waals surface area contributed by atoms with E-state index in [2.05, 4.69) is 15.5 Å². The summed E-state index contributed by atoms with van der Waals surface area (Å²) in [6, 6.07) is 14.5. The SMILES string of the molecule is COCc1cc([N+](=O)[O-])ccc1NCc1nnc(-c2ccccc2)s1. The molecule has 0 bridgehead atoms. The van der Waals surface area contributed by atoms with Crippen molar-refractivity contribution < 1.29 is 9.66 Å². The van der Waals surface area contributed by atoms with Crippen molar-refractivity contribution in [2.75, 3.05) is 12.4 Å². The van der Waals surface area contributed by atoms with Crippen LogP contribution in [0.2, 0.25) is 0 Å². The molecule has 1 aromatic heterocycles. The molecule has 8 heteroatoms. The molecule has 3 rings (SSSR count). The minimum Gasteiger partial charge on any atom is -0.380 e. The Bertz CT molecular complexity index is 867. The third-order valence-corrected chi connectivity index (χ3v) is 4.49. The van der Waals surface area contributed by atoms with Crippen LogP contribution in [0, 0.1) is 10.1 Å². The summed E-state index contributed by atoms with van der Waals surface area (Å²) < 4.78 is 5.13. The summed E-state index contributed by atoms with van der Waals surface area (Å²) in [7, 11) is 1.56. The number of anilines is 1. The standard InChI is InChI=1S/C17H16N4O3S/c1-24-11-13-9-14(21(22)23)7-8-15(13)18-10-16-19-20-17(25-16)12-5-3-2-4-6-12/h2-9,18H,10-11H2,1H3. The Morgan fingerprint density at radius 1 is 1.20 bits per heavy atom. The number of rotatable bonds is 7. The predicted octanol–water partition coefficient (Wildman–Crippen LogP) is 3.87. The highest BCUT2D eigenvalue weighted by Gasteiger charge is 2.12. The van der Waals surface area contributed by atoms with Gasteiger partial charge in [-0.25, -0.2) is 0 Å². The summed E-state index contributed by atoms with van der Waals surface area (Å²) in [5.41, 5.74) is 2.58. The normalized spacial score (nSPS) is 10.6. The highest BCUT2D eigenvalue weighted by atomic mass is 32.1. The second-order valence-electron chi connectivity index (χ2n) is 5.25. The molecule has 0 saturated heterocycles. The lowest BCUT2D eigenvalue weighted by Gasteiger charge is -2.10. The van der Waals surface area contributed by atoms with Gasteiger partial charge in [-0.1, -0.05) is 41.7 Å². The molecule has 2 aromatic carbocycles. The third kappa shape index (κ3) is 4.17. The van der Waals surface area contributed by atoms with Gasteiger partial charge < -0.3 is 10.1 Å². The Morgan fingerprint density at radius 3 is 2.72 bits per heavy atom. The minimum atomic E-state index is -0.417. The van der Waals surface area contributed by atoms with E-state index in [1.807, 2.05) is 30.3 Å². The van der Waals surface area contributed by atoms with Crippen molar-refractivity contribution in [2.45, 2.75) is 13.2 Å². The average Bonchev–Trinajstić information content (AvgIpc) is 3.10. The summed E-state index contributed by atoms with van der Waals surface area (Å²) in [5, 5.41) is 24.3. The molecule has 0 fully saturated rings. The van der Waals surface area contributed by atoms with Crippen LogP contribution in [0.5, 0.6) is 0 Å². The number of hydrogen-bond donors (Lipinski definition) is 1. The predicted molar refractivity (Wildman–Crippen MR) is 96.5 cm³/mol. The molecule has 0 atom stereocenters. The second kappa shape index (κ2) is 7.82. The van der Waals surface area contributed by atoms with E-state index in [0.29, 0.717) is 6.54 Å². The fraction of sp³-hybridized carbons (Fsp3) is 0.176. The van der Waals surface area contributed by atoms with E-state index in [1.165, 1.54) is 23.5 Å². The number of nitrogens with one attached hydrogen (secondary N) is 1. The lowest BCUT2D eigenvalue weighted by molar-refractivity contribution is -0.384. The Labute approximate surface area is 148 Å². The van der Waals surface area contributed by atoms with E-state index in [0.717, 1.165) is 26.8 Å². The number of nitro benzene ring substituents is 1. The molecule has 25 heavy (non-hydrogen) atoms. The van der Waals surface area contributed by atoms with Crippen LogP contribution in [0.25, 0.3) is 10.6 Å². The van der Waals surface area contributed by atoms with Crippen molar-refractivity contribution in [3.05, 3.63) is 69.2 Å². The van der Waals surface area contributed by atoms with Gasteiger partial charge in [-0.15, -0.1) is 10.2 Å². The first kappa shape index (κ1) is 17.0. The summed E-state index contributed by atoms with van der Waals surface area (Å²) in [6.45, 7) is 0.772. The first-order chi connectivity index (χ1) is 12.2. The van der Waals surface area contributed by atoms with Crippen LogP contribution >= 0.6 is 11.3 Å². The van der Waals surface area contributed by atoms with Gasteiger partial charge in [-0.05, 0) is 6.07 Å². The topological polar surface area (TPSA) is 90.2 Å². The number of aromatic nitrogens is 2. The van der Waals surface area contributed by atoms with Crippen LogP contribution in [0.1, 0.15) is 10.6 Å². The molecule has 3 aromatic rings. The Kier molecular flexibility index (Phi) is 5.32. The molecule has 0 aliphatic carbocycles. The van der Waals surface area contributed by atoms with Crippen molar-refractivity contribution >= 4 is 22.7 Å². The van der Waals surface area contributed by atoms with E-state index in [4.69, 9.17) is 4.74 Å². The van der Waals surface area contributed by atoms with E-state index < -0.39 is 4.92 Å². The first-order valence-corrected chi connectivity index (χ1v) is 8.37. The van der Waals surface area contributed by atoms with Crippen molar-refractivity contribution in [3.63, 3.8) is 0 Å². The number of methoxy groups -OCH3 is 1. The molecule has 1 N–H and O–H groups in total. The van der Waals surface area contributed by atoms with Gasteiger partial charge in [0.2, 0.25) is 0 Å². The molecule has 0 unspecified atom stereocenters. The number of nitro groups is 1. The fourth-order valence-corrected chi connectivity index (χ4v) is 3.12. The van der Waals surface area contributed by atoms with Crippen molar-refractivity contribution in [3.8, 4) is 10.6 Å². The zero-order valence-corrected chi connectivity index (χ0v) is 14.3. The molecule has 1 heterocycles. The molecule has 128 valence electrons. The van der Waals surface area contributed by atoms with Crippen LogP contribution in [0.4, 0.5) is 11.4 Å². The number of hydrogen-bond acceptors (Lipinski definition) is 7. The van der Waals surface area contributed by atoms with Gasteiger partial charge in [-0.3, -0.25) is 10.1 Å². The molecular weight excluding hydrogens is 340 g/mol. The quantitative estimate of drug-likeness (QED) is 0.510. The van der Waals surface area contributed by atoms with Gasteiger partial charge in [-0.2, -0.15) is 0 Å². The van der Waals surface area contributed by atoms with Gasteiger partial charge >= 0.3 is 0 Å². The molecule has 0 aliphatic heterocycles. The van der Waals surface area contributed by atoms with Crippen molar-refractivity contribution in [1.82, 2.24) is 10.2 Å². The van der Waals surface area contributed by atoms with Crippen LogP contribution < -0.4 is 5.32 Å². The first-order valence-electron chi connectivity index (χ1n) is 7.55. The van der Waals surface area contributed by atoms with E-state index in [-0.39, 0.29) is 12.3 Å². The summed E-state index contributed by atoms with van der Waals surface area (Å²) >= 11 is 1.51. The minimum absolute atomic E-state index is 0.0416. The van der Waals surface area contributed by atoms with Crippen LogP contribution in [-0.4, -0.2) is 22.2 Å². The van der Waals surface area contributed by atoms with Crippen LogP contribution in [0.15, 0.2) is 48.5 Å². The smallest absolute Gasteiger partial charge is 0.269 e. The highest BCUT2D eigenvalue weighted by molar-refractivity contribution is 7.14. The number of non-ortho nitro benzene ring substituents is 1. The molecular formula is C17H16N4O3S. The molecule has 0 saturated carbocycles. The molecule has 7 nitrogen and oxygen atoms in total. The van der Waals surface area contributed by atoms with E-state index >= 15 is 0 Å². The molecule has 0 spiro atoms. The Balaban J connectivity index is 1.73. The zero-order valence-electron chi connectivity index (χ0n) is 13.5. The summed E-state index contributed by atoms with van der Waals surface area (Å²) in [4.78, 5) is 10.5. The average molecular weight is 356 g/mol. The van der Waals surface area contributed by atoms with Gasteiger partial charge in [0.1, 0.15) is 10.0 Å². The molecule has 0 amide bonds. The fourth-order valence-electron chi connectivity index (χ4n) is 2.33. The number of ether oxygens (including phenoxy) is 1. The lowest BCUT2D eigenvalue weighted by atomic mass is 10.1. The van der Waals surface area contributed by atoms with Crippen molar-refractivity contribution in [1.29, 1.82) is 0 Å². The highest BCUT2D eigenvalue weighted by Crippen LogP contribution is 2.26. The zero-order chi connectivity index (χ0) is 17.6. The lowest BCUT2D eigenvalue weighted by Crippen LogP contribution is -2.04. The number of nitrogens with zero attached hydrogens (tertiary/aromatic N) is 3. The largest absolute Gasteiger partial charge is 0.380 e. The maximum atomic E-state index is 10.9. The second-order valence-corrected chi connectivity index (χ2v) is 6.31. The maximum absolute atomic E-state index is 10.9. The van der Waals surface area contributed by atoms with Gasteiger partial charge in [0.05, 0.1) is 18.1 Å². The van der Waals surface area contributed by atoms with Gasteiger partial charge in [0, 0.05) is 36.1 Å².